The fourth-order valence-corrected chi connectivity index (χ4v) is 5.32. The molecular formula is C27H24FN9O3S. The molecule has 0 radical (unpaired) electrons. The lowest BCUT2D eigenvalue weighted by atomic mass is 10.0. The summed E-state index contributed by atoms with van der Waals surface area (Å²) in [7, 11) is -4.12. The number of nitrogens with two attached hydrogens (primary N) is 1. The van der Waals surface area contributed by atoms with Crippen LogP contribution in [0.2, 0.25) is 0 Å². The molecule has 6 rings (SSSR count). The Morgan fingerprint density at radius 1 is 1.10 bits per heavy atom. The van der Waals surface area contributed by atoms with Crippen LogP contribution in [0, 0.1) is 12.7 Å². The average molecular weight is 574 g/mol. The minimum atomic E-state index is -4.12. The van der Waals surface area contributed by atoms with Gasteiger partial charge in [-0.3, -0.25) is 14.1 Å². The van der Waals surface area contributed by atoms with Crippen LogP contribution in [0.25, 0.3) is 33.4 Å². The third-order valence-corrected chi connectivity index (χ3v) is 7.13. The largest absolute Gasteiger partial charge is 0.360 e. The number of nitrogens with one attached hydrogen (secondary N) is 3. The number of nitrogens with zero attached hydrogens (tertiary/aromatic N) is 5. The van der Waals surface area contributed by atoms with Gasteiger partial charge in [-0.1, -0.05) is 18.2 Å². The average Bonchev–Trinajstić information content (AvgIpc) is 3.52. The van der Waals surface area contributed by atoms with Crippen LogP contribution in [-0.2, 0) is 10.2 Å². The molecule has 41 heavy (non-hydrogen) atoms. The molecule has 1 atom stereocenters. The number of hydrogen-bond donors (Lipinski definition) is 4. The van der Waals surface area contributed by atoms with Crippen molar-refractivity contribution >= 4 is 38.3 Å². The molecule has 6 aromatic rings. The van der Waals surface area contributed by atoms with Crippen LogP contribution in [0.5, 0.6) is 0 Å². The second-order valence-corrected chi connectivity index (χ2v) is 10.8. The van der Waals surface area contributed by atoms with E-state index in [4.69, 9.17) is 10.2 Å². The summed E-state index contributed by atoms with van der Waals surface area (Å²) < 4.78 is 42.8. The summed E-state index contributed by atoms with van der Waals surface area (Å²) in [6.07, 6.45) is 4.73. The maximum Gasteiger partial charge on any atom is 0.296 e. The first kappa shape index (κ1) is 26.2. The fourth-order valence-electron chi connectivity index (χ4n) is 4.88. The van der Waals surface area contributed by atoms with Gasteiger partial charge >= 0.3 is 0 Å². The lowest BCUT2D eigenvalue weighted by Crippen LogP contribution is -2.29. The van der Waals surface area contributed by atoms with Crippen LogP contribution in [0.3, 0.4) is 0 Å². The summed E-state index contributed by atoms with van der Waals surface area (Å²) in [5, 5.41) is 13.7. The second-order valence-electron chi connectivity index (χ2n) is 9.52. The van der Waals surface area contributed by atoms with Gasteiger partial charge in [0, 0.05) is 18.0 Å². The van der Waals surface area contributed by atoms with Crippen molar-refractivity contribution in [2.24, 2.45) is 5.14 Å². The van der Waals surface area contributed by atoms with E-state index in [2.05, 4.69) is 25.0 Å². The zero-order chi connectivity index (χ0) is 28.9. The number of anilines is 2. The van der Waals surface area contributed by atoms with E-state index < -0.39 is 22.1 Å². The summed E-state index contributed by atoms with van der Waals surface area (Å²) in [5.41, 5.74) is 3.00. The molecule has 0 aliphatic rings. The minimum absolute atomic E-state index is 0.0389. The molecule has 14 heteroatoms. The molecule has 2 aromatic carbocycles. The van der Waals surface area contributed by atoms with E-state index in [-0.39, 0.29) is 11.2 Å². The molecule has 208 valence electrons. The molecule has 0 bridgehead atoms. The van der Waals surface area contributed by atoms with Crippen LogP contribution in [0.1, 0.15) is 24.4 Å². The smallest absolute Gasteiger partial charge is 0.296 e. The summed E-state index contributed by atoms with van der Waals surface area (Å²) in [6, 6.07) is 14.2. The quantitative estimate of drug-likeness (QED) is 0.226. The van der Waals surface area contributed by atoms with Gasteiger partial charge < -0.3 is 10.3 Å². The maximum atomic E-state index is 14.5. The van der Waals surface area contributed by atoms with Crippen molar-refractivity contribution < 1.29 is 12.8 Å². The Morgan fingerprint density at radius 2 is 1.88 bits per heavy atom. The number of H-pyrrole nitrogens is 1. The SMILES string of the molecule is Cc1ccn2nc([C@H](C)Nc3ncnc4[nH]cc(-c5cc(F)cc(NS(N)(=O)=O)c5)c34)n(-c3ccccc3)c(=O)c12. The molecule has 12 nitrogen and oxygen atoms in total. The van der Waals surface area contributed by atoms with E-state index in [9.17, 15) is 17.6 Å². The molecule has 0 aliphatic carbocycles. The van der Waals surface area contributed by atoms with Gasteiger partial charge in [0.05, 0.1) is 22.8 Å². The van der Waals surface area contributed by atoms with Crippen molar-refractivity contribution in [2.45, 2.75) is 19.9 Å². The normalized spacial score (nSPS) is 12.6. The first-order valence-corrected chi connectivity index (χ1v) is 14.0. The highest BCUT2D eigenvalue weighted by molar-refractivity contribution is 7.90. The molecule has 0 aliphatic heterocycles. The summed E-state index contributed by atoms with van der Waals surface area (Å²) in [6.45, 7) is 3.70. The van der Waals surface area contributed by atoms with Crippen molar-refractivity contribution in [2.75, 3.05) is 10.0 Å². The van der Waals surface area contributed by atoms with Gasteiger partial charge in [0.2, 0.25) is 0 Å². The Bertz CT molecular complexity index is 2100. The van der Waals surface area contributed by atoms with E-state index in [0.29, 0.717) is 45.0 Å². The Hall–Kier alpha value is -5.08. The van der Waals surface area contributed by atoms with Gasteiger partial charge in [-0.2, -0.15) is 13.5 Å². The number of benzene rings is 2. The fraction of sp³-hybridized carbons (Fsp3) is 0.111. The molecule has 0 amide bonds. The summed E-state index contributed by atoms with van der Waals surface area (Å²) >= 11 is 0. The Balaban J connectivity index is 1.47. The van der Waals surface area contributed by atoms with Gasteiger partial charge in [0.25, 0.3) is 15.8 Å². The van der Waals surface area contributed by atoms with Crippen molar-refractivity contribution in [3.05, 3.63) is 101 Å². The lowest BCUT2D eigenvalue weighted by Gasteiger charge is -2.20. The van der Waals surface area contributed by atoms with E-state index in [1.54, 1.807) is 21.5 Å². The predicted octanol–water partition coefficient (Wildman–Crippen LogP) is 3.66. The van der Waals surface area contributed by atoms with E-state index in [1.165, 1.54) is 18.5 Å². The molecule has 0 saturated heterocycles. The van der Waals surface area contributed by atoms with Crippen molar-refractivity contribution in [1.29, 1.82) is 0 Å². The Kier molecular flexibility index (Phi) is 6.27. The van der Waals surface area contributed by atoms with Crippen molar-refractivity contribution in [3.63, 3.8) is 0 Å². The number of aromatic nitrogens is 6. The third kappa shape index (κ3) is 4.90. The van der Waals surface area contributed by atoms with Crippen LogP contribution in [0.4, 0.5) is 15.9 Å². The van der Waals surface area contributed by atoms with Gasteiger partial charge in [-0.05, 0) is 61.4 Å². The molecule has 4 heterocycles. The van der Waals surface area contributed by atoms with Crippen molar-refractivity contribution in [1.82, 2.24) is 29.1 Å². The number of hydrogen-bond acceptors (Lipinski definition) is 7. The molecule has 0 unspecified atom stereocenters. The Morgan fingerprint density at radius 3 is 2.63 bits per heavy atom. The number of fused-ring (bicyclic) bond motifs is 2. The Labute approximate surface area is 232 Å². The number of aryl methyl sites for hydroxylation is 1. The predicted molar refractivity (Wildman–Crippen MR) is 154 cm³/mol. The minimum Gasteiger partial charge on any atom is -0.360 e. The highest BCUT2D eigenvalue weighted by Crippen LogP contribution is 2.35. The highest BCUT2D eigenvalue weighted by atomic mass is 32.2. The zero-order valence-corrected chi connectivity index (χ0v) is 22.6. The van der Waals surface area contributed by atoms with E-state index in [0.717, 1.165) is 11.6 Å². The molecule has 4 aromatic heterocycles. The van der Waals surface area contributed by atoms with E-state index >= 15 is 0 Å². The molecule has 5 N–H and O–H groups in total. The second kappa shape index (κ2) is 9.83. The first-order chi connectivity index (χ1) is 19.6. The molecule has 0 spiro atoms. The van der Waals surface area contributed by atoms with Crippen molar-refractivity contribution in [3.8, 4) is 16.8 Å². The molecule has 0 saturated carbocycles. The monoisotopic (exact) mass is 573 g/mol. The first-order valence-electron chi connectivity index (χ1n) is 12.5. The number of halogens is 1. The number of rotatable bonds is 7. The lowest BCUT2D eigenvalue weighted by molar-refractivity contribution is 0.602. The third-order valence-electron chi connectivity index (χ3n) is 6.61. The van der Waals surface area contributed by atoms with Crippen LogP contribution in [0.15, 0.2) is 78.1 Å². The standard InChI is InChI=1S/C27H24FN9O3S/c1-15-8-9-36-23(15)27(38)37(20-6-4-3-5-7-20)26(34-36)16(2)33-25-22-21(13-30-24(22)31-14-32-25)17-10-18(28)12-19(11-17)35-41(29,39)40/h3-14,16,35H,1-2H3,(H2,29,39,40)(H2,30,31,32,33)/t16-/m0/s1. The van der Waals surface area contributed by atoms with Crippen LogP contribution >= 0.6 is 0 Å². The van der Waals surface area contributed by atoms with Crippen LogP contribution < -0.4 is 20.7 Å². The highest BCUT2D eigenvalue weighted by Gasteiger charge is 2.22. The van der Waals surface area contributed by atoms with Gasteiger partial charge in [0.15, 0.2) is 5.82 Å². The van der Waals surface area contributed by atoms with Crippen LogP contribution in [-0.4, -0.2) is 37.6 Å². The summed E-state index contributed by atoms with van der Waals surface area (Å²) in [4.78, 5) is 25.5. The molecular weight excluding hydrogens is 549 g/mol. The van der Waals surface area contributed by atoms with Gasteiger partial charge in [0.1, 0.15) is 29.1 Å². The maximum absolute atomic E-state index is 14.5. The summed E-state index contributed by atoms with van der Waals surface area (Å²) in [5.74, 6) is 0.147. The number of para-hydroxylation sites is 1. The zero-order valence-electron chi connectivity index (χ0n) is 21.8. The van der Waals surface area contributed by atoms with E-state index in [1.807, 2.05) is 50.2 Å². The van der Waals surface area contributed by atoms with Gasteiger partial charge in [-0.15, -0.1) is 0 Å². The topological polar surface area (TPSA) is 165 Å². The number of aromatic amines is 1. The molecule has 0 fully saturated rings. The van der Waals surface area contributed by atoms with Gasteiger partial charge in [-0.25, -0.2) is 24.0 Å².